The lowest BCUT2D eigenvalue weighted by molar-refractivity contribution is -0.121. The van der Waals surface area contributed by atoms with Gasteiger partial charge in [-0.3, -0.25) is 9.59 Å². The molecule has 0 fully saturated rings. The largest absolute Gasteiger partial charge is 0.354 e. The Hall–Kier alpha value is -2.07. The van der Waals surface area contributed by atoms with Gasteiger partial charge in [0.15, 0.2) is 0 Å². The summed E-state index contributed by atoms with van der Waals surface area (Å²) in [7, 11) is 0. The summed E-state index contributed by atoms with van der Waals surface area (Å²) in [6.45, 7) is 0.812. The van der Waals surface area contributed by atoms with Gasteiger partial charge in [0.2, 0.25) is 5.91 Å². The summed E-state index contributed by atoms with van der Waals surface area (Å²) in [5.41, 5.74) is 0.645. The first-order valence-corrected chi connectivity index (χ1v) is 7.84. The number of hydrogen-bond acceptors (Lipinski definition) is 2. The Bertz CT molecular complexity index is 653. The van der Waals surface area contributed by atoms with E-state index >= 15 is 0 Å². The molecule has 0 saturated carbocycles. The van der Waals surface area contributed by atoms with Crippen LogP contribution in [-0.2, 0) is 4.79 Å². The molecule has 0 saturated heterocycles. The van der Waals surface area contributed by atoms with Crippen LogP contribution >= 0.6 is 11.6 Å². The molecule has 0 bridgehead atoms. The number of carbonyl (C=O) groups excluding carboxylic acids is 2. The van der Waals surface area contributed by atoms with Crippen LogP contribution in [-0.4, -0.2) is 30.8 Å². The summed E-state index contributed by atoms with van der Waals surface area (Å²) in [5, 5.41) is 7.53. The fourth-order valence-corrected chi connectivity index (χ4v) is 2.35. The zero-order valence-corrected chi connectivity index (χ0v) is 13.0. The summed E-state index contributed by atoms with van der Waals surface area (Å²) in [4.78, 5) is 23.6. The van der Waals surface area contributed by atoms with E-state index in [0.717, 1.165) is 10.8 Å². The summed E-state index contributed by atoms with van der Waals surface area (Å²) >= 11 is 5.53. The molecule has 0 heterocycles. The maximum Gasteiger partial charge on any atom is 0.251 e. The molecule has 2 amide bonds. The average Bonchev–Trinajstić information content (AvgIpc) is 2.56. The second kappa shape index (κ2) is 8.39. The third-order valence-corrected chi connectivity index (χ3v) is 3.57. The zero-order chi connectivity index (χ0) is 15.8. The van der Waals surface area contributed by atoms with Gasteiger partial charge in [0.1, 0.15) is 0 Å². The van der Waals surface area contributed by atoms with E-state index in [1.165, 1.54) is 0 Å². The molecule has 0 unspecified atom stereocenters. The SMILES string of the molecule is O=C(CCCCl)NCCNC(=O)c1cccc2ccccc12. The topological polar surface area (TPSA) is 58.2 Å². The van der Waals surface area contributed by atoms with E-state index < -0.39 is 0 Å². The molecule has 0 atom stereocenters. The Morgan fingerprint density at radius 1 is 0.955 bits per heavy atom. The summed E-state index contributed by atoms with van der Waals surface area (Å²) < 4.78 is 0. The highest BCUT2D eigenvalue weighted by atomic mass is 35.5. The highest BCUT2D eigenvalue weighted by Gasteiger charge is 2.08. The van der Waals surface area contributed by atoms with Crippen LogP contribution in [0.5, 0.6) is 0 Å². The summed E-state index contributed by atoms with van der Waals surface area (Å²) in [5.74, 6) is 0.303. The van der Waals surface area contributed by atoms with Gasteiger partial charge in [-0.1, -0.05) is 36.4 Å². The first-order chi connectivity index (χ1) is 10.7. The molecule has 5 heteroatoms. The Balaban J connectivity index is 1.86. The van der Waals surface area contributed by atoms with Crippen LogP contribution in [0.2, 0.25) is 0 Å². The van der Waals surface area contributed by atoms with Crippen molar-refractivity contribution in [1.82, 2.24) is 10.6 Å². The molecule has 0 spiro atoms. The van der Waals surface area contributed by atoms with Crippen LogP contribution in [0.25, 0.3) is 10.8 Å². The molecule has 22 heavy (non-hydrogen) atoms. The van der Waals surface area contributed by atoms with Gasteiger partial charge in [0.05, 0.1) is 0 Å². The van der Waals surface area contributed by atoms with Crippen molar-refractivity contribution >= 4 is 34.2 Å². The minimum absolute atomic E-state index is 0.0416. The number of amides is 2. The smallest absolute Gasteiger partial charge is 0.251 e. The van der Waals surface area contributed by atoms with Crippen molar-refractivity contribution in [2.45, 2.75) is 12.8 Å². The highest BCUT2D eigenvalue weighted by Crippen LogP contribution is 2.18. The molecule has 2 rings (SSSR count). The molecule has 0 aliphatic heterocycles. The predicted molar refractivity (Wildman–Crippen MR) is 89.2 cm³/mol. The maximum absolute atomic E-state index is 12.2. The fourth-order valence-electron chi connectivity index (χ4n) is 2.21. The normalized spacial score (nSPS) is 10.4. The zero-order valence-electron chi connectivity index (χ0n) is 12.3. The Labute approximate surface area is 134 Å². The molecule has 2 N–H and O–H groups in total. The predicted octanol–water partition coefficient (Wildman–Crippen LogP) is 2.70. The van der Waals surface area contributed by atoms with Gasteiger partial charge >= 0.3 is 0 Å². The molecular weight excluding hydrogens is 300 g/mol. The van der Waals surface area contributed by atoms with Crippen LogP contribution in [0.15, 0.2) is 42.5 Å². The molecule has 0 aliphatic carbocycles. The molecule has 116 valence electrons. The quantitative estimate of drug-likeness (QED) is 0.609. The van der Waals surface area contributed by atoms with E-state index in [1.54, 1.807) is 6.07 Å². The number of fused-ring (bicyclic) bond motifs is 1. The van der Waals surface area contributed by atoms with Gasteiger partial charge in [0.25, 0.3) is 5.91 Å². The number of alkyl halides is 1. The number of halogens is 1. The Kier molecular flexibility index (Phi) is 6.22. The third kappa shape index (κ3) is 4.46. The van der Waals surface area contributed by atoms with E-state index in [1.807, 2.05) is 36.4 Å². The van der Waals surface area contributed by atoms with E-state index in [-0.39, 0.29) is 11.8 Å². The van der Waals surface area contributed by atoms with Crippen LogP contribution in [0.4, 0.5) is 0 Å². The molecule has 2 aromatic rings. The number of carbonyl (C=O) groups is 2. The first-order valence-electron chi connectivity index (χ1n) is 7.31. The van der Waals surface area contributed by atoms with Gasteiger partial charge in [-0.05, 0) is 23.3 Å². The van der Waals surface area contributed by atoms with E-state index in [0.29, 0.717) is 37.4 Å². The van der Waals surface area contributed by atoms with Crippen molar-refractivity contribution in [2.75, 3.05) is 19.0 Å². The molecule has 4 nitrogen and oxygen atoms in total. The molecular formula is C17H19ClN2O2. The van der Waals surface area contributed by atoms with Crippen molar-refractivity contribution < 1.29 is 9.59 Å². The minimum Gasteiger partial charge on any atom is -0.354 e. The molecule has 0 aromatic heterocycles. The molecule has 0 radical (unpaired) electrons. The minimum atomic E-state index is -0.133. The van der Waals surface area contributed by atoms with Crippen molar-refractivity contribution in [2.24, 2.45) is 0 Å². The van der Waals surface area contributed by atoms with Crippen molar-refractivity contribution in [3.05, 3.63) is 48.0 Å². The second-order valence-electron chi connectivity index (χ2n) is 4.93. The van der Waals surface area contributed by atoms with E-state index in [9.17, 15) is 9.59 Å². The number of rotatable bonds is 7. The van der Waals surface area contributed by atoms with Crippen LogP contribution < -0.4 is 10.6 Å². The van der Waals surface area contributed by atoms with Crippen molar-refractivity contribution in [3.8, 4) is 0 Å². The average molecular weight is 319 g/mol. The summed E-state index contributed by atoms with van der Waals surface area (Å²) in [6.07, 6.45) is 1.08. The molecule has 0 aliphatic rings. The lowest BCUT2D eigenvalue weighted by atomic mass is 10.0. The van der Waals surface area contributed by atoms with Gasteiger partial charge in [0, 0.05) is 31.0 Å². The lowest BCUT2D eigenvalue weighted by Gasteiger charge is -2.09. The van der Waals surface area contributed by atoms with Crippen LogP contribution in [0, 0.1) is 0 Å². The fraction of sp³-hybridized carbons (Fsp3) is 0.294. The number of benzene rings is 2. The summed E-state index contributed by atoms with van der Waals surface area (Å²) in [6, 6.07) is 13.4. The maximum atomic E-state index is 12.2. The van der Waals surface area contributed by atoms with E-state index in [4.69, 9.17) is 11.6 Å². The third-order valence-electron chi connectivity index (χ3n) is 3.30. The van der Waals surface area contributed by atoms with E-state index in [2.05, 4.69) is 10.6 Å². The second-order valence-corrected chi connectivity index (χ2v) is 5.30. The van der Waals surface area contributed by atoms with Crippen LogP contribution in [0.1, 0.15) is 23.2 Å². The monoisotopic (exact) mass is 318 g/mol. The Morgan fingerprint density at radius 2 is 1.68 bits per heavy atom. The Morgan fingerprint density at radius 3 is 2.50 bits per heavy atom. The number of hydrogen-bond donors (Lipinski definition) is 2. The first kappa shape index (κ1) is 16.3. The van der Waals surface area contributed by atoms with Crippen LogP contribution in [0.3, 0.4) is 0 Å². The standard InChI is InChI=1S/C17H19ClN2O2/c18-10-4-9-16(21)19-11-12-20-17(22)15-8-3-6-13-5-1-2-7-14(13)15/h1-3,5-8H,4,9-12H2,(H,19,21)(H,20,22). The number of nitrogens with one attached hydrogen (secondary N) is 2. The van der Waals surface area contributed by atoms with Gasteiger partial charge in [-0.25, -0.2) is 0 Å². The van der Waals surface area contributed by atoms with Crippen molar-refractivity contribution in [1.29, 1.82) is 0 Å². The van der Waals surface area contributed by atoms with Gasteiger partial charge < -0.3 is 10.6 Å². The van der Waals surface area contributed by atoms with Gasteiger partial charge in [-0.2, -0.15) is 0 Å². The molecule has 2 aromatic carbocycles. The highest BCUT2D eigenvalue weighted by molar-refractivity contribution is 6.17. The van der Waals surface area contributed by atoms with Crippen molar-refractivity contribution in [3.63, 3.8) is 0 Å². The van der Waals surface area contributed by atoms with Gasteiger partial charge in [-0.15, -0.1) is 11.6 Å². The lowest BCUT2D eigenvalue weighted by Crippen LogP contribution is -2.34.